The van der Waals surface area contributed by atoms with E-state index in [1.807, 2.05) is 0 Å². The third-order valence-corrected chi connectivity index (χ3v) is 3.06. The average molecular weight is 302 g/mol. The molecule has 0 radical (unpaired) electrons. The smallest absolute Gasteiger partial charge is 0.387 e. The number of halogens is 2. The molecule has 0 aromatic heterocycles. The summed E-state index contributed by atoms with van der Waals surface area (Å²) in [4.78, 5) is 2.21. The van der Waals surface area contributed by atoms with Crippen LogP contribution in [0, 0.1) is 0 Å². The maximum absolute atomic E-state index is 12.3. The zero-order valence-electron chi connectivity index (χ0n) is 12.9. The highest BCUT2D eigenvalue weighted by Crippen LogP contribution is 2.29. The topological polar surface area (TPSA) is 33.7 Å². The van der Waals surface area contributed by atoms with Crippen LogP contribution >= 0.6 is 0 Å². The summed E-state index contributed by atoms with van der Waals surface area (Å²) >= 11 is 0. The van der Waals surface area contributed by atoms with Gasteiger partial charge in [-0.3, -0.25) is 0 Å². The fourth-order valence-corrected chi connectivity index (χ4v) is 1.78. The van der Waals surface area contributed by atoms with Crippen LogP contribution in [0.3, 0.4) is 0 Å². The molecule has 0 spiro atoms. The molecule has 0 atom stereocenters. The number of nitrogens with one attached hydrogen (secondary N) is 1. The second kappa shape index (κ2) is 9.52. The molecular weight excluding hydrogens is 278 g/mol. The number of hydrogen-bond acceptors (Lipinski definition) is 4. The normalized spacial score (nSPS) is 11.2. The van der Waals surface area contributed by atoms with E-state index in [9.17, 15) is 8.78 Å². The summed E-state index contributed by atoms with van der Waals surface area (Å²) < 4.78 is 34.4. The summed E-state index contributed by atoms with van der Waals surface area (Å²) in [5.41, 5.74) is 0.971. The van der Waals surface area contributed by atoms with Gasteiger partial charge < -0.3 is 19.7 Å². The molecule has 6 heteroatoms. The Morgan fingerprint density at radius 1 is 1.24 bits per heavy atom. The minimum Gasteiger partial charge on any atom is -0.490 e. The van der Waals surface area contributed by atoms with Gasteiger partial charge in [-0.15, -0.1) is 0 Å². The van der Waals surface area contributed by atoms with Gasteiger partial charge in [0.1, 0.15) is 0 Å². The van der Waals surface area contributed by atoms with Gasteiger partial charge in [0.25, 0.3) is 0 Å². The average Bonchev–Trinajstić information content (AvgIpc) is 2.45. The fourth-order valence-electron chi connectivity index (χ4n) is 1.78. The molecule has 0 saturated carbocycles. The van der Waals surface area contributed by atoms with E-state index in [1.54, 1.807) is 19.1 Å². The lowest BCUT2D eigenvalue weighted by atomic mass is 10.2. The zero-order chi connectivity index (χ0) is 15.7. The monoisotopic (exact) mass is 302 g/mol. The predicted octanol–water partition coefficient (Wildman–Crippen LogP) is 2.73. The van der Waals surface area contributed by atoms with E-state index in [4.69, 9.17) is 4.74 Å². The molecule has 0 aliphatic carbocycles. The molecule has 0 unspecified atom stereocenters. The van der Waals surface area contributed by atoms with Crippen molar-refractivity contribution in [1.29, 1.82) is 0 Å². The largest absolute Gasteiger partial charge is 0.490 e. The van der Waals surface area contributed by atoms with Crippen molar-refractivity contribution in [3.63, 3.8) is 0 Å². The molecule has 4 nitrogen and oxygen atoms in total. The maximum Gasteiger partial charge on any atom is 0.387 e. The molecule has 0 aliphatic rings. The number of nitrogens with zero attached hydrogens (tertiary/aromatic N) is 1. The van der Waals surface area contributed by atoms with Crippen LogP contribution in [0.4, 0.5) is 8.78 Å². The van der Waals surface area contributed by atoms with Crippen molar-refractivity contribution >= 4 is 0 Å². The van der Waals surface area contributed by atoms with E-state index in [2.05, 4.69) is 28.9 Å². The van der Waals surface area contributed by atoms with Crippen molar-refractivity contribution in [1.82, 2.24) is 10.2 Å². The highest BCUT2D eigenvalue weighted by Gasteiger charge is 2.11. The van der Waals surface area contributed by atoms with Gasteiger partial charge >= 0.3 is 6.61 Å². The van der Waals surface area contributed by atoms with Crippen LogP contribution in [0.25, 0.3) is 0 Å². The molecule has 120 valence electrons. The van der Waals surface area contributed by atoms with Crippen molar-refractivity contribution in [3.05, 3.63) is 23.8 Å². The first-order chi connectivity index (χ1) is 10.1. The van der Waals surface area contributed by atoms with Gasteiger partial charge in [-0.1, -0.05) is 13.0 Å². The minimum atomic E-state index is -2.85. The van der Waals surface area contributed by atoms with Crippen LogP contribution in [-0.4, -0.2) is 44.8 Å². The first kappa shape index (κ1) is 17.7. The number of alkyl halides is 2. The Hall–Kier alpha value is -1.40. The quantitative estimate of drug-likeness (QED) is 0.674. The SMILES string of the molecule is CCOc1cc(CNCCN(C)CC)ccc1OC(F)F. The molecule has 0 heterocycles. The highest BCUT2D eigenvalue weighted by atomic mass is 19.3. The third-order valence-electron chi connectivity index (χ3n) is 3.06. The molecule has 0 saturated heterocycles. The number of benzene rings is 1. The maximum atomic E-state index is 12.3. The fraction of sp³-hybridized carbons (Fsp3) is 0.600. The molecule has 1 aromatic rings. The molecule has 21 heavy (non-hydrogen) atoms. The minimum absolute atomic E-state index is 0.0707. The summed E-state index contributed by atoms with van der Waals surface area (Å²) in [6.07, 6.45) is 0. The number of hydrogen-bond donors (Lipinski definition) is 1. The molecule has 1 aromatic carbocycles. The Bertz CT molecular complexity index is 417. The van der Waals surface area contributed by atoms with Gasteiger partial charge in [0.15, 0.2) is 11.5 Å². The van der Waals surface area contributed by atoms with Gasteiger partial charge in [0, 0.05) is 19.6 Å². The van der Waals surface area contributed by atoms with Crippen LogP contribution in [0.15, 0.2) is 18.2 Å². The Labute approximate surface area is 125 Å². The van der Waals surface area contributed by atoms with Gasteiger partial charge in [0.2, 0.25) is 0 Å². The third kappa shape index (κ3) is 6.73. The second-order valence-corrected chi connectivity index (χ2v) is 4.67. The number of ether oxygens (including phenoxy) is 2. The lowest BCUT2D eigenvalue weighted by Gasteiger charge is -2.15. The number of likely N-dealkylation sites (N-methyl/N-ethyl adjacent to an activating group) is 1. The highest BCUT2D eigenvalue weighted by molar-refractivity contribution is 5.43. The Morgan fingerprint density at radius 2 is 2.00 bits per heavy atom. The lowest BCUT2D eigenvalue weighted by Crippen LogP contribution is -2.28. The first-order valence-electron chi connectivity index (χ1n) is 7.16. The van der Waals surface area contributed by atoms with E-state index >= 15 is 0 Å². The Kier molecular flexibility index (Phi) is 8.00. The molecule has 0 aliphatic heterocycles. The van der Waals surface area contributed by atoms with Crippen molar-refractivity contribution in [2.24, 2.45) is 0 Å². The molecule has 0 fully saturated rings. The Morgan fingerprint density at radius 3 is 2.62 bits per heavy atom. The van der Waals surface area contributed by atoms with E-state index in [0.29, 0.717) is 18.9 Å². The summed E-state index contributed by atoms with van der Waals surface area (Å²) in [5, 5.41) is 3.31. The van der Waals surface area contributed by atoms with Crippen molar-refractivity contribution in [2.75, 3.05) is 33.3 Å². The van der Waals surface area contributed by atoms with Gasteiger partial charge in [-0.05, 0) is 38.2 Å². The van der Waals surface area contributed by atoms with Crippen LogP contribution in [-0.2, 0) is 6.54 Å². The first-order valence-corrected chi connectivity index (χ1v) is 7.16. The molecule has 1 rings (SSSR count). The van der Waals surface area contributed by atoms with Gasteiger partial charge in [0.05, 0.1) is 6.61 Å². The van der Waals surface area contributed by atoms with Crippen LogP contribution in [0.2, 0.25) is 0 Å². The molecule has 1 N–H and O–H groups in total. The molecular formula is C15H24F2N2O2. The van der Waals surface area contributed by atoms with E-state index in [-0.39, 0.29) is 5.75 Å². The Balaban J connectivity index is 2.57. The molecule has 0 bridgehead atoms. The predicted molar refractivity (Wildman–Crippen MR) is 79.1 cm³/mol. The van der Waals surface area contributed by atoms with E-state index in [0.717, 1.165) is 25.2 Å². The summed E-state index contributed by atoms with van der Waals surface area (Å²) in [6.45, 7) is 4.96. The summed E-state index contributed by atoms with van der Waals surface area (Å²) in [6, 6.07) is 5.01. The van der Waals surface area contributed by atoms with E-state index < -0.39 is 6.61 Å². The van der Waals surface area contributed by atoms with E-state index in [1.165, 1.54) is 6.07 Å². The molecule has 0 amide bonds. The summed E-state index contributed by atoms with van der Waals surface area (Å²) in [7, 11) is 2.06. The van der Waals surface area contributed by atoms with Gasteiger partial charge in [-0.2, -0.15) is 8.78 Å². The second-order valence-electron chi connectivity index (χ2n) is 4.67. The van der Waals surface area contributed by atoms with Gasteiger partial charge in [-0.25, -0.2) is 0 Å². The lowest BCUT2D eigenvalue weighted by molar-refractivity contribution is -0.0514. The van der Waals surface area contributed by atoms with Crippen LogP contribution < -0.4 is 14.8 Å². The standard InChI is InChI=1S/C15H24F2N2O2/c1-4-19(3)9-8-18-11-12-6-7-13(21-15(16)17)14(10-12)20-5-2/h6-7,10,15,18H,4-5,8-9,11H2,1-3H3. The van der Waals surface area contributed by atoms with Crippen LogP contribution in [0.1, 0.15) is 19.4 Å². The van der Waals surface area contributed by atoms with Crippen molar-refractivity contribution < 1.29 is 18.3 Å². The van der Waals surface area contributed by atoms with Crippen molar-refractivity contribution in [2.45, 2.75) is 27.0 Å². The zero-order valence-corrected chi connectivity index (χ0v) is 12.9. The van der Waals surface area contributed by atoms with Crippen LogP contribution in [0.5, 0.6) is 11.5 Å². The van der Waals surface area contributed by atoms with Crippen molar-refractivity contribution in [3.8, 4) is 11.5 Å². The number of rotatable bonds is 10. The summed E-state index contributed by atoms with van der Waals surface area (Å²) in [5.74, 6) is 0.420.